The summed E-state index contributed by atoms with van der Waals surface area (Å²) in [6, 6.07) is 11.5. The van der Waals surface area contributed by atoms with E-state index in [-0.39, 0.29) is 17.6 Å². The summed E-state index contributed by atoms with van der Waals surface area (Å²) in [6.07, 6.45) is 0.663. The zero-order valence-corrected chi connectivity index (χ0v) is 18.7. The van der Waals surface area contributed by atoms with E-state index in [0.29, 0.717) is 34.9 Å². The topological polar surface area (TPSA) is 73.9 Å². The zero-order valence-electron chi connectivity index (χ0n) is 18.0. The molecular formula is C23H28ClNO5. The van der Waals surface area contributed by atoms with E-state index in [1.54, 1.807) is 49.6 Å². The number of carbonyl (C=O) groups is 2. The molecular weight excluding hydrogens is 406 g/mol. The van der Waals surface area contributed by atoms with E-state index >= 15 is 0 Å². The minimum absolute atomic E-state index is 0.288. The van der Waals surface area contributed by atoms with E-state index in [2.05, 4.69) is 5.32 Å². The second-order valence-electron chi connectivity index (χ2n) is 7.51. The van der Waals surface area contributed by atoms with Gasteiger partial charge in [-0.15, -0.1) is 0 Å². The average molecular weight is 434 g/mol. The molecule has 30 heavy (non-hydrogen) atoms. The Morgan fingerprint density at radius 3 is 2.37 bits per heavy atom. The fourth-order valence-electron chi connectivity index (χ4n) is 2.70. The molecule has 2 aromatic rings. The lowest BCUT2D eigenvalue weighted by Gasteiger charge is -2.23. The Morgan fingerprint density at radius 2 is 1.77 bits per heavy atom. The third-order valence-electron chi connectivity index (χ3n) is 4.88. The number of carbonyl (C=O) groups excluding carboxylic acids is 2. The maximum Gasteiger partial charge on any atom is 0.337 e. The van der Waals surface area contributed by atoms with Gasteiger partial charge in [0, 0.05) is 18.6 Å². The Balaban J connectivity index is 2.10. The fraction of sp³-hybridized carbons (Fsp3) is 0.391. The lowest BCUT2D eigenvalue weighted by molar-refractivity contribution is 0.00540. The van der Waals surface area contributed by atoms with Crippen LogP contribution in [-0.2, 0) is 9.47 Å². The van der Waals surface area contributed by atoms with Gasteiger partial charge in [0.15, 0.2) is 0 Å². The molecule has 0 unspecified atom stereocenters. The van der Waals surface area contributed by atoms with Gasteiger partial charge in [0.2, 0.25) is 0 Å². The SMILES string of the molecule is COC(=O)c1ccc([C@H](C)NC(=O)c2cc(Cl)ccc2OCCC(C)(C)OC)cc1. The average Bonchev–Trinajstić information content (AvgIpc) is 2.74. The van der Waals surface area contributed by atoms with Crippen molar-refractivity contribution in [2.75, 3.05) is 20.8 Å². The van der Waals surface area contributed by atoms with Gasteiger partial charge in [-0.1, -0.05) is 23.7 Å². The van der Waals surface area contributed by atoms with E-state index < -0.39 is 5.97 Å². The van der Waals surface area contributed by atoms with Crippen molar-refractivity contribution in [2.24, 2.45) is 0 Å². The van der Waals surface area contributed by atoms with E-state index in [9.17, 15) is 9.59 Å². The highest BCUT2D eigenvalue weighted by Crippen LogP contribution is 2.25. The van der Waals surface area contributed by atoms with Crippen LogP contribution in [0, 0.1) is 0 Å². The third kappa shape index (κ3) is 6.47. The first-order valence-corrected chi connectivity index (χ1v) is 10.0. The Hall–Kier alpha value is -2.57. The van der Waals surface area contributed by atoms with Crippen molar-refractivity contribution in [2.45, 2.75) is 38.8 Å². The van der Waals surface area contributed by atoms with Crippen LogP contribution in [0.5, 0.6) is 5.75 Å². The molecule has 6 nitrogen and oxygen atoms in total. The second-order valence-corrected chi connectivity index (χ2v) is 7.95. The van der Waals surface area contributed by atoms with Gasteiger partial charge in [-0.05, 0) is 56.7 Å². The Morgan fingerprint density at radius 1 is 1.10 bits per heavy atom. The number of nitrogens with one attached hydrogen (secondary N) is 1. The van der Waals surface area contributed by atoms with Crippen LogP contribution in [0.3, 0.4) is 0 Å². The van der Waals surface area contributed by atoms with Crippen LogP contribution in [-0.4, -0.2) is 38.3 Å². The molecule has 1 atom stereocenters. The molecule has 0 fully saturated rings. The summed E-state index contributed by atoms with van der Waals surface area (Å²) in [4.78, 5) is 24.5. The first kappa shape index (κ1) is 23.7. The zero-order chi connectivity index (χ0) is 22.3. The van der Waals surface area contributed by atoms with Gasteiger partial charge in [0.25, 0.3) is 5.91 Å². The smallest absolute Gasteiger partial charge is 0.337 e. The van der Waals surface area contributed by atoms with Crippen LogP contribution in [0.1, 0.15) is 59.5 Å². The summed E-state index contributed by atoms with van der Waals surface area (Å²) in [7, 11) is 2.99. The van der Waals surface area contributed by atoms with Gasteiger partial charge in [-0.3, -0.25) is 4.79 Å². The molecule has 0 saturated heterocycles. The largest absolute Gasteiger partial charge is 0.493 e. The van der Waals surface area contributed by atoms with Crippen LogP contribution in [0.4, 0.5) is 0 Å². The molecule has 0 aliphatic rings. The number of methoxy groups -OCH3 is 2. The van der Waals surface area contributed by atoms with Crippen molar-refractivity contribution < 1.29 is 23.8 Å². The Labute approximate surface area is 182 Å². The summed E-state index contributed by atoms with van der Waals surface area (Å²) in [5.74, 6) is -0.254. The highest BCUT2D eigenvalue weighted by atomic mass is 35.5. The van der Waals surface area contributed by atoms with Crippen molar-refractivity contribution in [3.8, 4) is 5.75 Å². The number of hydrogen-bond donors (Lipinski definition) is 1. The molecule has 2 rings (SSSR count). The minimum atomic E-state index is -0.407. The number of esters is 1. The van der Waals surface area contributed by atoms with Gasteiger partial charge < -0.3 is 19.5 Å². The molecule has 0 bridgehead atoms. The van der Waals surface area contributed by atoms with Gasteiger partial charge in [0.05, 0.1) is 36.5 Å². The van der Waals surface area contributed by atoms with Crippen LogP contribution in [0.25, 0.3) is 0 Å². The predicted molar refractivity (Wildman–Crippen MR) is 116 cm³/mol. The normalized spacial score (nSPS) is 12.2. The van der Waals surface area contributed by atoms with Crippen molar-refractivity contribution in [1.29, 1.82) is 0 Å². The van der Waals surface area contributed by atoms with Crippen molar-refractivity contribution in [3.05, 3.63) is 64.2 Å². The van der Waals surface area contributed by atoms with E-state index in [0.717, 1.165) is 5.56 Å². The lowest BCUT2D eigenvalue weighted by atomic mass is 10.1. The van der Waals surface area contributed by atoms with E-state index in [4.69, 9.17) is 25.8 Å². The summed E-state index contributed by atoms with van der Waals surface area (Å²) >= 11 is 6.10. The molecule has 162 valence electrons. The van der Waals surface area contributed by atoms with Gasteiger partial charge in [-0.2, -0.15) is 0 Å². The minimum Gasteiger partial charge on any atom is -0.493 e. The maximum atomic E-state index is 12.9. The quantitative estimate of drug-likeness (QED) is 0.574. The van der Waals surface area contributed by atoms with Gasteiger partial charge in [-0.25, -0.2) is 4.79 Å². The molecule has 7 heteroatoms. The van der Waals surface area contributed by atoms with Crippen LogP contribution in [0.15, 0.2) is 42.5 Å². The lowest BCUT2D eigenvalue weighted by Crippen LogP contribution is -2.28. The number of rotatable bonds is 9. The van der Waals surface area contributed by atoms with Crippen molar-refractivity contribution in [1.82, 2.24) is 5.32 Å². The molecule has 0 saturated carbocycles. The number of benzene rings is 2. The predicted octanol–water partition coefficient (Wildman–Crippen LogP) is 4.81. The number of halogens is 1. The molecule has 0 aromatic heterocycles. The molecule has 1 amide bonds. The number of amides is 1. The summed E-state index contributed by atoms with van der Waals surface area (Å²) in [5.41, 5.74) is 1.34. The Kier molecular flexibility index (Phi) is 8.26. The molecule has 0 aliphatic carbocycles. The third-order valence-corrected chi connectivity index (χ3v) is 5.11. The van der Waals surface area contributed by atoms with E-state index in [1.807, 2.05) is 20.8 Å². The van der Waals surface area contributed by atoms with Crippen molar-refractivity contribution >= 4 is 23.5 Å². The second kappa shape index (κ2) is 10.5. The summed E-state index contributed by atoms with van der Waals surface area (Å²) < 4.78 is 15.9. The molecule has 0 radical (unpaired) electrons. The first-order valence-electron chi connectivity index (χ1n) is 9.63. The van der Waals surface area contributed by atoms with Crippen LogP contribution in [0.2, 0.25) is 5.02 Å². The molecule has 0 heterocycles. The van der Waals surface area contributed by atoms with Crippen molar-refractivity contribution in [3.63, 3.8) is 0 Å². The summed E-state index contributed by atoms with van der Waals surface area (Å²) in [6.45, 7) is 6.20. The monoisotopic (exact) mass is 433 g/mol. The van der Waals surface area contributed by atoms with Gasteiger partial charge >= 0.3 is 5.97 Å². The molecule has 1 N–H and O–H groups in total. The summed E-state index contributed by atoms with van der Waals surface area (Å²) in [5, 5.41) is 3.39. The molecule has 0 spiro atoms. The Bertz CT molecular complexity index is 880. The van der Waals surface area contributed by atoms with Crippen LogP contribution >= 0.6 is 11.6 Å². The molecule has 0 aliphatic heterocycles. The molecule has 2 aromatic carbocycles. The number of hydrogen-bond acceptors (Lipinski definition) is 5. The number of ether oxygens (including phenoxy) is 3. The fourth-order valence-corrected chi connectivity index (χ4v) is 2.87. The first-order chi connectivity index (χ1) is 14.2. The highest BCUT2D eigenvalue weighted by Gasteiger charge is 2.19. The van der Waals surface area contributed by atoms with Crippen LogP contribution < -0.4 is 10.1 Å². The maximum absolute atomic E-state index is 12.9. The highest BCUT2D eigenvalue weighted by molar-refractivity contribution is 6.31. The standard InChI is InChI=1S/C23H28ClNO5/c1-15(16-6-8-17(9-7-16)22(27)28-4)25-21(26)19-14-18(24)10-11-20(19)30-13-12-23(2,3)29-5/h6-11,14-15H,12-13H2,1-5H3,(H,25,26)/t15-/m0/s1. The van der Waals surface area contributed by atoms with E-state index in [1.165, 1.54) is 7.11 Å². The van der Waals surface area contributed by atoms with Gasteiger partial charge in [0.1, 0.15) is 5.75 Å².